The Hall–Kier alpha value is -2.08. The number of aliphatic carboxylic acids is 1. The van der Waals surface area contributed by atoms with Crippen LogP contribution >= 0.6 is 0 Å². The molecule has 1 aromatic carbocycles. The van der Waals surface area contributed by atoms with Crippen LogP contribution in [-0.2, 0) is 16.0 Å². The van der Waals surface area contributed by atoms with Gasteiger partial charge in [-0.2, -0.15) is 0 Å². The Balaban J connectivity index is 1.93. The van der Waals surface area contributed by atoms with Crippen LogP contribution in [0.3, 0.4) is 0 Å². The maximum Gasteiger partial charge on any atom is 0.315 e. The lowest BCUT2D eigenvalue weighted by atomic mass is 9.99. The largest absolute Gasteiger partial charge is 0.481 e. The van der Waals surface area contributed by atoms with Crippen molar-refractivity contribution in [3.63, 3.8) is 0 Å². The highest BCUT2D eigenvalue weighted by Gasteiger charge is 2.36. The Labute approximate surface area is 142 Å². The maximum atomic E-state index is 12.3. The van der Waals surface area contributed by atoms with Gasteiger partial charge in [-0.1, -0.05) is 30.3 Å². The van der Waals surface area contributed by atoms with Gasteiger partial charge in [-0.3, -0.25) is 4.79 Å². The summed E-state index contributed by atoms with van der Waals surface area (Å²) in [5, 5.41) is 14.8. The minimum atomic E-state index is -0.861. The second-order valence-corrected chi connectivity index (χ2v) is 6.73. The summed E-state index contributed by atoms with van der Waals surface area (Å²) >= 11 is 0. The van der Waals surface area contributed by atoms with E-state index in [9.17, 15) is 9.59 Å². The molecular weight excluding hydrogens is 308 g/mol. The van der Waals surface area contributed by atoms with Gasteiger partial charge in [0.25, 0.3) is 0 Å². The summed E-state index contributed by atoms with van der Waals surface area (Å²) in [6.45, 7) is 4.54. The molecule has 0 saturated carbocycles. The predicted molar refractivity (Wildman–Crippen MR) is 90.9 cm³/mol. The average Bonchev–Trinajstić information content (AvgIpc) is 2.84. The molecule has 132 valence electrons. The quantitative estimate of drug-likeness (QED) is 0.714. The standard InChI is InChI=1S/C18H26N2O4/c1-18(2)15(10-11-24-18)20-17(23)19-14(8-9-16(21)22)12-13-6-4-3-5-7-13/h3-7,14-15H,8-12H2,1-2H3,(H,21,22)(H2,19,20,23). The van der Waals surface area contributed by atoms with Crippen molar-refractivity contribution in [1.29, 1.82) is 0 Å². The van der Waals surface area contributed by atoms with E-state index in [4.69, 9.17) is 9.84 Å². The molecule has 1 aromatic rings. The van der Waals surface area contributed by atoms with Crippen molar-refractivity contribution in [1.82, 2.24) is 10.6 Å². The van der Waals surface area contributed by atoms with Crippen LogP contribution in [0, 0.1) is 0 Å². The maximum absolute atomic E-state index is 12.3. The number of urea groups is 1. The van der Waals surface area contributed by atoms with Gasteiger partial charge in [-0.05, 0) is 38.7 Å². The van der Waals surface area contributed by atoms with E-state index in [1.54, 1.807) is 0 Å². The number of carboxylic acid groups (broad SMARTS) is 1. The molecule has 1 aliphatic heterocycles. The molecule has 0 spiro atoms. The SMILES string of the molecule is CC1(C)OCCC1NC(=O)NC(CCC(=O)O)Cc1ccccc1. The number of hydrogen-bond donors (Lipinski definition) is 3. The lowest BCUT2D eigenvalue weighted by Gasteiger charge is -2.28. The first-order valence-corrected chi connectivity index (χ1v) is 8.33. The summed E-state index contributed by atoms with van der Waals surface area (Å²) in [4.78, 5) is 23.2. The van der Waals surface area contributed by atoms with Gasteiger partial charge < -0.3 is 20.5 Å². The van der Waals surface area contributed by atoms with E-state index in [1.165, 1.54) is 0 Å². The van der Waals surface area contributed by atoms with Crippen molar-refractivity contribution in [3.05, 3.63) is 35.9 Å². The van der Waals surface area contributed by atoms with Gasteiger partial charge in [0.15, 0.2) is 0 Å². The Morgan fingerprint density at radius 3 is 2.62 bits per heavy atom. The number of hydrogen-bond acceptors (Lipinski definition) is 3. The van der Waals surface area contributed by atoms with Gasteiger partial charge in [-0.15, -0.1) is 0 Å². The Morgan fingerprint density at radius 2 is 2.04 bits per heavy atom. The van der Waals surface area contributed by atoms with E-state index in [2.05, 4.69) is 10.6 Å². The van der Waals surface area contributed by atoms with E-state index >= 15 is 0 Å². The van der Waals surface area contributed by atoms with Crippen LogP contribution in [0.15, 0.2) is 30.3 Å². The number of nitrogens with one attached hydrogen (secondary N) is 2. The van der Waals surface area contributed by atoms with Crippen LogP contribution in [0.25, 0.3) is 0 Å². The van der Waals surface area contributed by atoms with Gasteiger partial charge in [0.1, 0.15) is 0 Å². The Bertz CT molecular complexity index is 559. The summed E-state index contributed by atoms with van der Waals surface area (Å²) < 4.78 is 5.61. The number of carboxylic acids is 1. The highest BCUT2D eigenvalue weighted by molar-refractivity contribution is 5.75. The van der Waals surface area contributed by atoms with E-state index in [0.29, 0.717) is 19.4 Å². The average molecular weight is 334 g/mol. The molecule has 3 N–H and O–H groups in total. The number of rotatable bonds is 7. The molecule has 0 aliphatic carbocycles. The zero-order valence-corrected chi connectivity index (χ0v) is 14.2. The summed E-state index contributed by atoms with van der Waals surface area (Å²) in [6, 6.07) is 9.19. The lowest BCUT2D eigenvalue weighted by molar-refractivity contribution is -0.137. The summed E-state index contributed by atoms with van der Waals surface area (Å²) in [5.74, 6) is -0.861. The van der Waals surface area contributed by atoms with Crippen molar-refractivity contribution < 1.29 is 19.4 Å². The Morgan fingerprint density at radius 1 is 1.33 bits per heavy atom. The third-order valence-electron chi connectivity index (χ3n) is 4.39. The molecule has 0 aromatic heterocycles. The molecule has 6 nitrogen and oxygen atoms in total. The second kappa shape index (κ2) is 8.15. The summed E-state index contributed by atoms with van der Waals surface area (Å²) in [7, 11) is 0. The predicted octanol–water partition coefficient (Wildman–Crippen LogP) is 2.33. The van der Waals surface area contributed by atoms with E-state index in [-0.39, 0.29) is 30.1 Å². The molecule has 1 fully saturated rings. The number of amides is 2. The molecule has 2 rings (SSSR count). The Kier molecular flexibility index (Phi) is 6.20. The molecule has 6 heteroatoms. The highest BCUT2D eigenvalue weighted by Crippen LogP contribution is 2.24. The third kappa shape index (κ3) is 5.53. The van der Waals surface area contributed by atoms with E-state index in [1.807, 2.05) is 44.2 Å². The number of carbonyl (C=O) groups excluding carboxylic acids is 1. The highest BCUT2D eigenvalue weighted by atomic mass is 16.5. The summed E-state index contributed by atoms with van der Waals surface area (Å²) in [5.41, 5.74) is 0.686. The summed E-state index contributed by atoms with van der Waals surface area (Å²) in [6.07, 6.45) is 1.79. The molecular formula is C18H26N2O4. The van der Waals surface area contributed by atoms with Crippen LogP contribution in [0.5, 0.6) is 0 Å². The number of ether oxygens (including phenoxy) is 1. The number of benzene rings is 1. The van der Waals surface area contributed by atoms with Crippen molar-refractivity contribution >= 4 is 12.0 Å². The molecule has 1 aliphatic rings. The second-order valence-electron chi connectivity index (χ2n) is 6.73. The molecule has 2 unspecified atom stereocenters. The fourth-order valence-electron chi connectivity index (χ4n) is 2.94. The monoisotopic (exact) mass is 334 g/mol. The van der Waals surface area contributed by atoms with Gasteiger partial charge >= 0.3 is 12.0 Å². The van der Waals surface area contributed by atoms with Crippen molar-refractivity contribution in [3.8, 4) is 0 Å². The van der Waals surface area contributed by atoms with Crippen LogP contribution in [0.1, 0.15) is 38.7 Å². The zero-order valence-electron chi connectivity index (χ0n) is 14.2. The van der Waals surface area contributed by atoms with Crippen LogP contribution < -0.4 is 10.6 Å². The van der Waals surface area contributed by atoms with Crippen LogP contribution in [0.4, 0.5) is 4.79 Å². The molecule has 2 amide bonds. The zero-order chi connectivity index (χ0) is 17.6. The van der Waals surface area contributed by atoms with Gasteiger partial charge in [0.2, 0.25) is 0 Å². The van der Waals surface area contributed by atoms with Crippen molar-refractivity contribution in [2.75, 3.05) is 6.61 Å². The topological polar surface area (TPSA) is 87.7 Å². The van der Waals surface area contributed by atoms with E-state index < -0.39 is 5.97 Å². The van der Waals surface area contributed by atoms with Crippen molar-refractivity contribution in [2.24, 2.45) is 0 Å². The van der Waals surface area contributed by atoms with Gasteiger partial charge in [0, 0.05) is 19.1 Å². The molecule has 2 atom stereocenters. The normalized spacial score (nSPS) is 20.3. The van der Waals surface area contributed by atoms with E-state index in [0.717, 1.165) is 12.0 Å². The first-order chi connectivity index (χ1) is 11.4. The van der Waals surface area contributed by atoms with Crippen molar-refractivity contribution in [2.45, 2.75) is 57.2 Å². The molecule has 0 radical (unpaired) electrons. The lowest BCUT2D eigenvalue weighted by Crippen LogP contribution is -2.52. The van der Waals surface area contributed by atoms with Crippen LogP contribution in [-0.4, -0.2) is 41.4 Å². The smallest absolute Gasteiger partial charge is 0.315 e. The first kappa shape index (κ1) is 18.3. The molecule has 0 bridgehead atoms. The molecule has 24 heavy (non-hydrogen) atoms. The van der Waals surface area contributed by atoms with Gasteiger partial charge in [-0.25, -0.2) is 4.79 Å². The minimum absolute atomic E-state index is 0.0236. The minimum Gasteiger partial charge on any atom is -0.481 e. The molecule has 1 heterocycles. The molecule has 1 saturated heterocycles. The fourth-order valence-corrected chi connectivity index (χ4v) is 2.94. The fraction of sp³-hybridized carbons (Fsp3) is 0.556. The van der Waals surface area contributed by atoms with Crippen LogP contribution in [0.2, 0.25) is 0 Å². The third-order valence-corrected chi connectivity index (χ3v) is 4.39. The van der Waals surface area contributed by atoms with Gasteiger partial charge in [0.05, 0.1) is 11.6 Å². The number of carbonyl (C=O) groups is 2. The first-order valence-electron chi connectivity index (χ1n) is 8.33.